The lowest BCUT2D eigenvalue weighted by molar-refractivity contribution is -0.128. The summed E-state index contributed by atoms with van der Waals surface area (Å²) in [6.07, 6.45) is 1.55. The monoisotopic (exact) mass is 771 g/mol. The van der Waals surface area contributed by atoms with Crippen molar-refractivity contribution in [2.24, 2.45) is 28.2 Å². The van der Waals surface area contributed by atoms with Gasteiger partial charge in [-0.05, 0) is 42.7 Å². The van der Waals surface area contributed by atoms with Crippen molar-refractivity contribution < 1.29 is 36.6 Å². The molecule has 1 aliphatic heterocycles. The Labute approximate surface area is 278 Å². The fraction of sp³-hybridized carbons (Fsp3) is 0.517. The number of imide groups is 1. The van der Waals surface area contributed by atoms with Crippen LogP contribution >= 0.6 is 34.2 Å². The minimum Gasteiger partial charge on any atom is -0.368 e. The van der Waals surface area contributed by atoms with Crippen molar-refractivity contribution in [1.82, 2.24) is 9.88 Å². The molecule has 2 saturated carbocycles. The molecule has 16 heteroatoms. The Hall–Kier alpha value is -2.80. The Kier molecular flexibility index (Phi) is 9.27. The maximum Gasteiger partial charge on any atom is 0.268 e. The van der Waals surface area contributed by atoms with Gasteiger partial charge in [-0.25, -0.2) is 4.98 Å². The van der Waals surface area contributed by atoms with E-state index in [0.29, 0.717) is 29.2 Å². The van der Waals surface area contributed by atoms with Gasteiger partial charge in [-0.3, -0.25) is 33.1 Å². The van der Waals surface area contributed by atoms with Crippen LogP contribution in [0, 0.1) is 16.7 Å². The highest BCUT2D eigenvalue weighted by Crippen LogP contribution is 2.64. The van der Waals surface area contributed by atoms with Gasteiger partial charge in [0.25, 0.3) is 21.9 Å². The van der Waals surface area contributed by atoms with Crippen molar-refractivity contribution in [3.05, 3.63) is 45.4 Å². The number of primary amides is 1. The second-order valence-corrected chi connectivity index (χ2v) is 16.0. The second kappa shape index (κ2) is 12.4. The first-order valence-electron chi connectivity index (χ1n) is 14.4. The molecule has 2 bridgehead atoms. The number of thiazole rings is 1. The minimum atomic E-state index is -4.02. The van der Waals surface area contributed by atoms with Gasteiger partial charge in [-0.1, -0.05) is 19.9 Å². The lowest BCUT2D eigenvalue weighted by atomic mass is 9.70. The summed E-state index contributed by atoms with van der Waals surface area (Å²) in [6.45, 7) is 3.63. The van der Waals surface area contributed by atoms with Crippen molar-refractivity contribution in [2.45, 2.75) is 65.1 Å². The Bertz CT molecular complexity index is 1690. The molecule has 0 saturated heterocycles. The SMILES string of the molecule is CC1(C)C2CCC1(CS(=O)(=O)OCc1csc(CN(I)c3cccc4c3C(=O)N(C(CCC(=O)CN)C(N)=O)C4=O)n1)C(=O)C2. The molecule has 2 heterocycles. The molecule has 0 radical (unpaired) electrons. The summed E-state index contributed by atoms with van der Waals surface area (Å²) in [6, 6.07) is 3.44. The number of halogens is 1. The first kappa shape index (κ1) is 33.6. The molecule has 2 aliphatic carbocycles. The number of hydrogen-bond acceptors (Lipinski definition) is 12. The number of carbonyl (C=O) groups is 5. The number of amides is 3. The fourth-order valence-electron chi connectivity index (χ4n) is 6.86. The number of rotatable bonds is 14. The average molecular weight is 772 g/mol. The Balaban J connectivity index is 1.26. The van der Waals surface area contributed by atoms with Crippen molar-refractivity contribution in [3.8, 4) is 0 Å². The van der Waals surface area contributed by atoms with E-state index in [-0.39, 0.29) is 66.9 Å². The quantitative estimate of drug-likeness (QED) is 0.124. The van der Waals surface area contributed by atoms with Crippen LogP contribution in [0.25, 0.3) is 0 Å². The van der Waals surface area contributed by atoms with E-state index >= 15 is 0 Å². The molecular formula is C29H34IN5O8S2. The number of hydrogen-bond donors (Lipinski definition) is 2. The van der Waals surface area contributed by atoms with Gasteiger partial charge >= 0.3 is 0 Å². The van der Waals surface area contributed by atoms with E-state index in [1.165, 1.54) is 17.4 Å². The van der Waals surface area contributed by atoms with Crippen LogP contribution in [-0.2, 0) is 41.8 Å². The molecule has 5 rings (SSSR count). The number of Topliss-reactive ketones (excluding diaryl/α,β-unsaturated/α-hetero) is 2. The third-order valence-corrected chi connectivity index (χ3v) is 12.6. The first-order chi connectivity index (χ1) is 21.1. The van der Waals surface area contributed by atoms with Crippen LogP contribution in [0.2, 0.25) is 0 Å². The highest BCUT2D eigenvalue weighted by atomic mass is 127. The molecule has 13 nitrogen and oxygen atoms in total. The Morgan fingerprint density at radius 1 is 1.24 bits per heavy atom. The third kappa shape index (κ3) is 6.06. The van der Waals surface area contributed by atoms with E-state index in [0.717, 1.165) is 11.3 Å². The number of aromatic nitrogens is 1. The van der Waals surface area contributed by atoms with Gasteiger partial charge in [0.05, 0.1) is 69.6 Å². The average Bonchev–Trinajstić information content (AvgIpc) is 3.65. The lowest BCUT2D eigenvalue weighted by Gasteiger charge is -2.35. The van der Waals surface area contributed by atoms with Crippen LogP contribution in [0.3, 0.4) is 0 Å². The fourth-order valence-corrected chi connectivity index (χ4v) is 10.3. The third-order valence-electron chi connectivity index (χ3n) is 9.57. The Morgan fingerprint density at radius 3 is 2.60 bits per heavy atom. The summed E-state index contributed by atoms with van der Waals surface area (Å²) in [5.41, 5.74) is 10.6. The number of ketones is 2. The molecule has 4 N–H and O–H groups in total. The lowest BCUT2D eigenvalue weighted by Crippen LogP contribution is -2.48. The zero-order chi connectivity index (χ0) is 32.9. The van der Waals surface area contributed by atoms with E-state index < -0.39 is 44.7 Å². The standard InChI is InChI=1S/C29H34IN5O8S2/c1-28(2)16-8-9-29(28,22(37)10-16)15-45(41,42)43-13-17-14-44-23(33-17)12-34(30)20-5-3-4-19-24(20)27(40)35(26(19)39)21(25(32)38)7-6-18(36)11-31/h3-5,14,16,21H,6-13,15,31H2,1-2H3,(H2,32,38). The van der Waals surface area contributed by atoms with Gasteiger partial charge in [0.2, 0.25) is 5.91 Å². The predicted octanol–water partition coefficient (Wildman–Crippen LogP) is 2.50. The van der Waals surface area contributed by atoms with Crippen LogP contribution in [0.5, 0.6) is 0 Å². The highest BCUT2D eigenvalue weighted by molar-refractivity contribution is 14.1. The summed E-state index contributed by atoms with van der Waals surface area (Å²) < 4.78 is 33.0. The van der Waals surface area contributed by atoms with E-state index in [2.05, 4.69) is 4.98 Å². The van der Waals surface area contributed by atoms with Crippen LogP contribution in [0.1, 0.15) is 77.4 Å². The maximum atomic E-state index is 13.5. The molecule has 3 atom stereocenters. The number of fused-ring (bicyclic) bond motifs is 3. The van der Waals surface area contributed by atoms with Gasteiger partial charge in [0.1, 0.15) is 29.2 Å². The van der Waals surface area contributed by atoms with Crippen LogP contribution in [0.4, 0.5) is 5.69 Å². The summed E-state index contributed by atoms with van der Waals surface area (Å²) >= 11 is 3.25. The number of nitrogens with zero attached hydrogens (tertiary/aromatic N) is 3. The van der Waals surface area contributed by atoms with E-state index in [1.807, 2.05) is 36.7 Å². The second-order valence-electron chi connectivity index (χ2n) is 12.3. The van der Waals surface area contributed by atoms with Crippen molar-refractivity contribution >= 4 is 79.3 Å². The summed E-state index contributed by atoms with van der Waals surface area (Å²) in [7, 11) is -4.02. The molecule has 3 unspecified atom stereocenters. The van der Waals surface area contributed by atoms with Gasteiger partial charge in [-0.15, -0.1) is 11.3 Å². The van der Waals surface area contributed by atoms with Gasteiger partial charge < -0.3 is 14.6 Å². The van der Waals surface area contributed by atoms with Gasteiger partial charge in [0, 0.05) is 18.2 Å². The highest BCUT2D eigenvalue weighted by Gasteiger charge is 2.65. The summed E-state index contributed by atoms with van der Waals surface area (Å²) in [5.74, 6) is -2.78. The predicted molar refractivity (Wildman–Crippen MR) is 173 cm³/mol. The summed E-state index contributed by atoms with van der Waals surface area (Å²) in [4.78, 5) is 68.8. The van der Waals surface area contributed by atoms with Crippen LogP contribution in [0.15, 0.2) is 23.6 Å². The molecule has 2 fully saturated rings. The largest absolute Gasteiger partial charge is 0.368 e. The number of anilines is 1. The zero-order valence-electron chi connectivity index (χ0n) is 24.8. The van der Waals surface area contributed by atoms with E-state index in [1.54, 1.807) is 20.6 Å². The van der Waals surface area contributed by atoms with Gasteiger partial charge in [-0.2, -0.15) is 8.42 Å². The molecule has 242 valence electrons. The smallest absolute Gasteiger partial charge is 0.268 e. The Morgan fingerprint density at radius 2 is 1.98 bits per heavy atom. The van der Waals surface area contributed by atoms with Crippen LogP contribution < -0.4 is 14.6 Å². The molecular weight excluding hydrogens is 737 g/mol. The van der Waals surface area contributed by atoms with Crippen LogP contribution in [-0.4, -0.2) is 65.9 Å². The molecule has 0 spiro atoms. The number of benzene rings is 1. The molecule has 3 aliphatic rings. The van der Waals surface area contributed by atoms with Crippen molar-refractivity contribution in [3.63, 3.8) is 0 Å². The van der Waals surface area contributed by atoms with E-state index in [9.17, 15) is 32.4 Å². The van der Waals surface area contributed by atoms with Crippen molar-refractivity contribution in [1.29, 1.82) is 0 Å². The maximum absolute atomic E-state index is 13.5. The molecule has 1 aromatic heterocycles. The number of carbonyl (C=O) groups excluding carboxylic acids is 5. The molecule has 2 aromatic rings. The van der Waals surface area contributed by atoms with Crippen molar-refractivity contribution in [2.75, 3.05) is 15.4 Å². The molecule has 3 amide bonds. The first-order valence-corrected chi connectivity index (χ1v) is 17.8. The van der Waals surface area contributed by atoms with E-state index in [4.69, 9.17) is 15.7 Å². The minimum absolute atomic E-state index is 0.00319. The normalized spacial score (nSPS) is 22.6. The number of nitrogens with two attached hydrogens (primary N) is 2. The topological polar surface area (TPSA) is 200 Å². The van der Waals surface area contributed by atoms with Gasteiger partial charge in [0.15, 0.2) is 0 Å². The molecule has 1 aromatic carbocycles. The summed E-state index contributed by atoms with van der Waals surface area (Å²) in [5, 5.41) is 2.27. The zero-order valence-corrected chi connectivity index (χ0v) is 28.6. The molecule has 45 heavy (non-hydrogen) atoms.